The maximum absolute atomic E-state index is 8.81. The minimum absolute atomic E-state index is 0.227. The van der Waals surface area contributed by atoms with E-state index in [1.165, 1.54) is 11.3 Å². The van der Waals surface area contributed by atoms with Crippen molar-refractivity contribution in [2.45, 2.75) is 38.8 Å². The lowest BCUT2D eigenvalue weighted by molar-refractivity contribution is 0.572. The first-order valence-electron chi connectivity index (χ1n) is 6.51. The molecule has 1 aromatic carbocycles. The molecule has 0 aliphatic rings. The number of hydrogen-bond donors (Lipinski definition) is 1. The average Bonchev–Trinajstić information content (AvgIpc) is 2.40. The number of para-hydroxylation sites is 1. The number of nitrogens with one attached hydrogen (secondary N) is 1. The summed E-state index contributed by atoms with van der Waals surface area (Å²) in [6.07, 6.45) is 1.59. The van der Waals surface area contributed by atoms with Crippen molar-refractivity contribution in [3.8, 4) is 6.07 Å². The van der Waals surface area contributed by atoms with Gasteiger partial charge in [-0.3, -0.25) is 0 Å². The predicted molar refractivity (Wildman–Crippen MR) is 76.6 cm³/mol. The second-order valence-electron chi connectivity index (χ2n) is 4.63. The highest BCUT2D eigenvalue weighted by molar-refractivity contribution is 5.55. The maximum atomic E-state index is 8.81. The van der Waals surface area contributed by atoms with E-state index in [0.717, 1.165) is 6.42 Å². The minimum Gasteiger partial charge on any atom is -0.371 e. The molecule has 0 aromatic heterocycles. The van der Waals surface area contributed by atoms with Crippen molar-refractivity contribution in [1.82, 2.24) is 5.32 Å². The van der Waals surface area contributed by atoms with Crippen LogP contribution in [0.1, 0.15) is 38.3 Å². The summed E-state index contributed by atoms with van der Waals surface area (Å²) in [5.74, 6) is 0. The van der Waals surface area contributed by atoms with Crippen molar-refractivity contribution >= 4 is 5.69 Å². The van der Waals surface area contributed by atoms with E-state index in [2.05, 4.69) is 61.4 Å². The monoisotopic (exact) mass is 245 g/mol. The maximum Gasteiger partial charge on any atom is 0.0643 e. The summed E-state index contributed by atoms with van der Waals surface area (Å²) in [6, 6.07) is 11.2. The van der Waals surface area contributed by atoms with Crippen LogP contribution in [0.2, 0.25) is 0 Å². The number of benzene rings is 1. The molecule has 0 bridgehead atoms. The lowest BCUT2D eigenvalue weighted by Crippen LogP contribution is -2.30. The molecule has 0 heterocycles. The third-order valence-corrected chi connectivity index (χ3v) is 3.50. The van der Waals surface area contributed by atoms with E-state index in [9.17, 15) is 0 Å². The molecule has 1 rings (SSSR count). The normalized spacial score (nSPS) is 13.7. The fraction of sp³-hybridized carbons (Fsp3) is 0.533. The summed E-state index contributed by atoms with van der Waals surface area (Å²) < 4.78 is 0. The van der Waals surface area contributed by atoms with Crippen LogP contribution >= 0.6 is 0 Å². The van der Waals surface area contributed by atoms with Gasteiger partial charge in [0.2, 0.25) is 0 Å². The van der Waals surface area contributed by atoms with Crippen molar-refractivity contribution in [2.75, 3.05) is 19.0 Å². The first-order chi connectivity index (χ1) is 8.65. The van der Waals surface area contributed by atoms with E-state index < -0.39 is 0 Å². The summed E-state index contributed by atoms with van der Waals surface area (Å²) in [7, 11) is 4.05. The fourth-order valence-corrected chi connectivity index (χ4v) is 2.19. The SMILES string of the molecule is CCC(NC)c1ccccc1N(C)C(C)CC#N. The van der Waals surface area contributed by atoms with Gasteiger partial charge in [-0.05, 0) is 32.0 Å². The lowest BCUT2D eigenvalue weighted by Gasteiger charge is -2.30. The third kappa shape index (κ3) is 3.24. The molecule has 0 saturated carbocycles. The van der Waals surface area contributed by atoms with Crippen LogP contribution in [-0.2, 0) is 0 Å². The summed E-state index contributed by atoms with van der Waals surface area (Å²) in [6.45, 7) is 4.26. The highest BCUT2D eigenvalue weighted by Crippen LogP contribution is 2.28. The van der Waals surface area contributed by atoms with E-state index >= 15 is 0 Å². The predicted octanol–water partition coefficient (Wildman–Crippen LogP) is 3.10. The second-order valence-corrected chi connectivity index (χ2v) is 4.63. The Morgan fingerprint density at radius 2 is 2.06 bits per heavy atom. The van der Waals surface area contributed by atoms with E-state index in [-0.39, 0.29) is 6.04 Å². The molecule has 1 N–H and O–H groups in total. The molecule has 0 saturated heterocycles. The molecule has 0 aliphatic heterocycles. The Hall–Kier alpha value is -1.53. The van der Waals surface area contributed by atoms with Gasteiger partial charge >= 0.3 is 0 Å². The Kier molecular flexibility index (Phi) is 5.67. The molecule has 98 valence electrons. The molecule has 0 fully saturated rings. The molecular formula is C15H23N3. The molecule has 3 nitrogen and oxygen atoms in total. The van der Waals surface area contributed by atoms with Crippen LogP contribution in [0.4, 0.5) is 5.69 Å². The van der Waals surface area contributed by atoms with E-state index in [0.29, 0.717) is 12.5 Å². The molecule has 0 aliphatic carbocycles. The molecule has 0 spiro atoms. The molecular weight excluding hydrogens is 222 g/mol. The largest absolute Gasteiger partial charge is 0.371 e. The van der Waals surface area contributed by atoms with Crippen molar-refractivity contribution < 1.29 is 0 Å². The van der Waals surface area contributed by atoms with Crippen LogP contribution in [0.3, 0.4) is 0 Å². The molecule has 2 atom stereocenters. The van der Waals surface area contributed by atoms with Gasteiger partial charge in [0.15, 0.2) is 0 Å². The van der Waals surface area contributed by atoms with Crippen molar-refractivity contribution in [3.05, 3.63) is 29.8 Å². The van der Waals surface area contributed by atoms with Gasteiger partial charge in [-0.1, -0.05) is 25.1 Å². The average molecular weight is 245 g/mol. The second kappa shape index (κ2) is 7.03. The molecule has 18 heavy (non-hydrogen) atoms. The minimum atomic E-state index is 0.227. The summed E-state index contributed by atoms with van der Waals surface area (Å²) >= 11 is 0. The smallest absolute Gasteiger partial charge is 0.0643 e. The first kappa shape index (κ1) is 14.5. The van der Waals surface area contributed by atoms with Gasteiger partial charge in [0.25, 0.3) is 0 Å². The van der Waals surface area contributed by atoms with Crippen LogP contribution in [0.5, 0.6) is 0 Å². The number of hydrogen-bond acceptors (Lipinski definition) is 3. The Balaban J connectivity index is 3.05. The van der Waals surface area contributed by atoms with Crippen LogP contribution in [-0.4, -0.2) is 20.1 Å². The van der Waals surface area contributed by atoms with Crippen LogP contribution in [0.25, 0.3) is 0 Å². The van der Waals surface area contributed by atoms with E-state index in [4.69, 9.17) is 5.26 Å². The topological polar surface area (TPSA) is 39.1 Å². The van der Waals surface area contributed by atoms with Gasteiger partial charge in [0, 0.05) is 24.8 Å². The summed E-state index contributed by atoms with van der Waals surface area (Å²) in [5, 5.41) is 12.2. The third-order valence-electron chi connectivity index (χ3n) is 3.50. The van der Waals surface area contributed by atoms with Crippen LogP contribution in [0, 0.1) is 11.3 Å². The number of nitrogens with zero attached hydrogens (tertiary/aromatic N) is 2. The van der Waals surface area contributed by atoms with E-state index in [1.54, 1.807) is 0 Å². The number of rotatable bonds is 6. The summed E-state index contributed by atoms with van der Waals surface area (Å²) in [4.78, 5) is 2.19. The zero-order chi connectivity index (χ0) is 13.5. The lowest BCUT2D eigenvalue weighted by atomic mass is 10.0. The van der Waals surface area contributed by atoms with Gasteiger partial charge in [0.05, 0.1) is 12.5 Å². The van der Waals surface area contributed by atoms with Gasteiger partial charge in [-0.25, -0.2) is 0 Å². The first-order valence-corrected chi connectivity index (χ1v) is 6.51. The summed E-state index contributed by atoms with van der Waals surface area (Å²) in [5.41, 5.74) is 2.51. The molecule has 0 amide bonds. The Morgan fingerprint density at radius 1 is 1.39 bits per heavy atom. The molecule has 1 aromatic rings. The van der Waals surface area contributed by atoms with Crippen molar-refractivity contribution in [2.24, 2.45) is 0 Å². The van der Waals surface area contributed by atoms with E-state index in [1.807, 2.05) is 7.05 Å². The zero-order valence-electron chi connectivity index (χ0n) is 11.8. The Bertz CT molecular complexity index is 404. The standard InChI is InChI=1S/C15H23N3/c1-5-14(17-3)13-8-6-7-9-15(13)18(4)12(2)10-11-16/h6-9,12,14,17H,5,10H2,1-4H3. The number of nitriles is 1. The number of anilines is 1. The Labute approximate surface area is 110 Å². The van der Waals surface area contributed by atoms with Crippen LogP contribution in [0.15, 0.2) is 24.3 Å². The van der Waals surface area contributed by atoms with Crippen molar-refractivity contribution in [3.63, 3.8) is 0 Å². The fourth-order valence-electron chi connectivity index (χ4n) is 2.19. The molecule has 3 heteroatoms. The molecule has 2 unspecified atom stereocenters. The van der Waals surface area contributed by atoms with Gasteiger partial charge in [-0.2, -0.15) is 5.26 Å². The van der Waals surface area contributed by atoms with Crippen LogP contribution < -0.4 is 10.2 Å². The molecule has 0 radical (unpaired) electrons. The van der Waals surface area contributed by atoms with Gasteiger partial charge in [0.1, 0.15) is 0 Å². The highest BCUT2D eigenvalue weighted by atomic mass is 15.1. The zero-order valence-corrected chi connectivity index (χ0v) is 11.8. The van der Waals surface area contributed by atoms with Crippen molar-refractivity contribution in [1.29, 1.82) is 5.26 Å². The van der Waals surface area contributed by atoms with Gasteiger partial charge in [-0.15, -0.1) is 0 Å². The van der Waals surface area contributed by atoms with Gasteiger partial charge < -0.3 is 10.2 Å². The quantitative estimate of drug-likeness (QED) is 0.837. The Morgan fingerprint density at radius 3 is 2.61 bits per heavy atom. The highest BCUT2D eigenvalue weighted by Gasteiger charge is 2.17.